The molecule has 1 aromatic heterocycles. The molecule has 2 aromatic rings. The van der Waals surface area contributed by atoms with Gasteiger partial charge in [-0.3, -0.25) is 4.79 Å². The highest BCUT2D eigenvalue weighted by Crippen LogP contribution is 2.20. The Morgan fingerprint density at radius 3 is 2.40 bits per heavy atom. The van der Waals surface area contributed by atoms with Gasteiger partial charge in [0.2, 0.25) is 5.91 Å². The second kappa shape index (κ2) is 6.61. The number of nitrogens with one attached hydrogen (secondary N) is 2. The Labute approximate surface area is 126 Å². The molecule has 20 heavy (non-hydrogen) atoms. The van der Waals surface area contributed by atoms with E-state index < -0.39 is 0 Å². The third-order valence-electron chi connectivity index (χ3n) is 2.82. The molecule has 0 aliphatic rings. The standard InChI is InChI=1S/C15H17BrN2O2/c1-10(2)15(19)18-12-5-3-11(4-6-12)17-9-14-13(16)7-8-20-14/h3-8,10,17H,9H2,1-2H3,(H,18,19). The fourth-order valence-corrected chi connectivity index (χ4v) is 1.93. The number of benzene rings is 1. The molecule has 5 heteroatoms. The maximum Gasteiger partial charge on any atom is 0.226 e. The maximum absolute atomic E-state index is 11.6. The number of carbonyl (C=O) groups is 1. The number of hydrogen-bond acceptors (Lipinski definition) is 3. The van der Waals surface area contributed by atoms with Crippen molar-refractivity contribution in [2.45, 2.75) is 20.4 Å². The molecule has 0 aliphatic heterocycles. The summed E-state index contributed by atoms with van der Waals surface area (Å²) in [6.07, 6.45) is 1.64. The molecule has 0 spiro atoms. The van der Waals surface area contributed by atoms with Gasteiger partial charge in [0.1, 0.15) is 5.76 Å². The van der Waals surface area contributed by atoms with Crippen molar-refractivity contribution < 1.29 is 9.21 Å². The zero-order chi connectivity index (χ0) is 14.5. The largest absolute Gasteiger partial charge is 0.466 e. The van der Waals surface area contributed by atoms with Gasteiger partial charge < -0.3 is 15.1 Å². The number of hydrogen-bond donors (Lipinski definition) is 2. The first-order chi connectivity index (χ1) is 9.56. The van der Waals surface area contributed by atoms with Crippen molar-refractivity contribution in [1.29, 1.82) is 0 Å². The summed E-state index contributed by atoms with van der Waals surface area (Å²) in [5, 5.41) is 6.11. The second-order valence-corrected chi connectivity index (χ2v) is 5.62. The van der Waals surface area contributed by atoms with Gasteiger partial charge in [0.05, 0.1) is 17.3 Å². The normalized spacial score (nSPS) is 10.6. The van der Waals surface area contributed by atoms with Gasteiger partial charge in [-0.1, -0.05) is 13.8 Å². The molecule has 0 unspecified atom stereocenters. The first-order valence-electron chi connectivity index (χ1n) is 6.43. The van der Waals surface area contributed by atoms with E-state index in [-0.39, 0.29) is 11.8 Å². The van der Waals surface area contributed by atoms with Crippen LogP contribution in [-0.2, 0) is 11.3 Å². The van der Waals surface area contributed by atoms with Crippen molar-refractivity contribution in [1.82, 2.24) is 0 Å². The van der Waals surface area contributed by atoms with E-state index in [9.17, 15) is 4.79 Å². The number of carbonyl (C=O) groups excluding carboxylic acids is 1. The van der Waals surface area contributed by atoms with Crippen molar-refractivity contribution in [2.24, 2.45) is 5.92 Å². The van der Waals surface area contributed by atoms with E-state index in [2.05, 4.69) is 26.6 Å². The smallest absolute Gasteiger partial charge is 0.226 e. The van der Waals surface area contributed by atoms with Gasteiger partial charge in [-0.05, 0) is 46.3 Å². The highest BCUT2D eigenvalue weighted by molar-refractivity contribution is 9.10. The van der Waals surface area contributed by atoms with E-state index in [0.717, 1.165) is 21.6 Å². The summed E-state index contributed by atoms with van der Waals surface area (Å²) >= 11 is 3.41. The van der Waals surface area contributed by atoms with Crippen LogP contribution < -0.4 is 10.6 Å². The van der Waals surface area contributed by atoms with E-state index >= 15 is 0 Å². The lowest BCUT2D eigenvalue weighted by molar-refractivity contribution is -0.118. The number of furan rings is 1. The lowest BCUT2D eigenvalue weighted by Crippen LogP contribution is -2.17. The van der Waals surface area contributed by atoms with Crippen LogP contribution in [0.3, 0.4) is 0 Å². The minimum Gasteiger partial charge on any atom is -0.466 e. The third-order valence-corrected chi connectivity index (χ3v) is 3.53. The lowest BCUT2D eigenvalue weighted by Gasteiger charge is -2.09. The van der Waals surface area contributed by atoms with Crippen LogP contribution in [0, 0.1) is 5.92 Å². The van der Waals surface area contributed by atoms with E-state index in [4.69, 9.17) is 4.42 Å². The first-order valence-corrected chi connectivity index (χ1v) is 7.22. The zero-order valence-electron chi connectivity index (χ0n) is 11.4. The monoisotopic (exact) mass is 336 g/mol. The number of anilines is 2. The predicted octanol–water partition coefficient (Wildman–Crippen LogP) is 4.25. The molecule has 0 atom stereocenters. The van der Waals surface area contributed by atoms with Gasteiger partial charge in [0.25, 0.3) is 0 Å². The Morgan fingerprint density at radius 2 is 1.85 bits per heavy atom. The van der Waals surface area contributed by atoms with Crippen molar-refractivity contribution in [3.8, 4) is 0 Å². The Bertz CT molecular complexity index is 576. The summed E-state index contributed by atoms with van der Waals surface area (Å²) in [7, 11) is 0. The van der Waals surface area contributed by atoms with Gasteiger partial charge in [0, 0.05) is 17.3 Å². The maximum atomic E-state index is 11.6. The summed E-state index contributed by atoms with van der Waals surface area (Å²) in [5.41, 5.74) is 1.77. The SMILES string of the molecule is CC(C)C(=O)Nc1ccc(NCc2occc2Br)cc1. The molecule has 1 amide bonds. The number of halogens is 1. The van der Waals surface area contributed by atoms with Crippen molar-refractivity contribution in [2.75, 3.05) is 10.6 Å². The Morgan fingerprint density at radius 1 is 1.20 bits per heavy atom. The van der Waals surface area contributed by atoms with Crippen LogP contribution in [0.15, 0.2) is 45.5 Å². The minimum atomic E-state index is -0.0240. The molecular formula is C15H17BrN2O2. The molecule has 0 bridgehead atoms. The molecule has 0 fully saturated rings. The van der Waals surface area contributed by atoms with E-state index in [1.165, 1.54) is 0 Å². The van der Waals surface area contributed by atoms with E-state index in [1.807, 2.05) is 44.2 Å². The molecule has 0 aliphatic carbocycles. The molecule has 1 heterocycles. The molecule has 0 radical (unpaired) electrons. The highest BCUT2D eigenvalue weighted by Gasteiger charge is 2.07. The lowest BCUT2D eigenvalue weighted by atomic mass is 10.2. The summed E-state index contributed by atoms with van der Waals surface area (Å²) in [6.45, 7) is 4.34. The summed E-state index contributed by atoms with van der Waals surface area (Å²) in [5.74, 6) is 0.844. The van der Waals surface area contributed by atoms with Crippen molar-refractivity contribution in [3.05, 3.63) is 46.8 Å². The van der Waals surface area contributed by atoms with Crippen LogP contribution in [-0.4, -0.2) is 5.91 Å². The van der Waals surface area contributed by atoms with Crippen LogP contribution >= 0.6 is 15.9 Å². The summed E-state index contributed by atoms with van der Waals surface area (Å²) in [6, 6.07) is 9.46. The average molecular weight is 337 g/mol. The molecule has 0 saturated carbocycles. The number of rotatable bonds is 5. The predicted molar refractivity (Wildman–Crippen MR) is 83.6 cm³/mol. The number of amides is 1. The highest BCUT2D eigenvalue weighted by atomic mass is 79.9. The van der Waals surface area contributed by atoms with Crippen LogP contribution in [0.25, 0.3) is 0 Å². The van der Waals surface area contributed by atoms with Crippen LogP contribution in [0.1, 0.15) is 19.6 Å². The molecule has 106 valence electrons. The van der Waals surface area contributed by atoms with Crippen molar-refractivity contribution >= 4 is 33.2 Å². The summed E-state index contributed by atoms with van der Waals surface area (Å²) in [4.78, 5) is 11.6. The van der Waals surface area contributed by atoms with Gasteiger partial charge in [-0.25, -0.2) is 0 Å². The Kier molecular flexibility index (Phi) is 4.84. The van der Waals surface area contributed by atoms with Crippen LogP contribution in [0.4, 0.5) is 11.4 Å². The van der Waals surface area contributed by atoms with Crippen LogP contribution in [0.2, 0.25) is 0 Å². The van der Waals surface area contributed by atoms with Gasteiger partial charge in [-0.15, -0.1) is 0 Å². The van der Waals surface area contributed by atoms with E-state index in [0.29, 0.717) is 6.54 Å². The quantitative estimate of drug-likeness (QED) is 0.858. The minimum absolute atomic E-state index is 0.0187. The second-order valence-electron chi connectivity index (χ2n) is 4.77. The topological polar surface area (TPSA) is 54.3 Å². The summed E-state index contributed by atoms with van der Waals surface area (Å²) < 4.78 is 6.27. The fourth-order valence-electron chi connectivity index (χ4n) is 1.59. The van der Waals surface area contributed by atoms with Gasteiger partial charge >= 0.3 is 0 Å². The van der Waals surface area contributed by atoms with E-state index in [1.54, 1.807) is 6.26 Å². The molecule has 2 rings (SSSR count). The molecule has 1 aromatic carbocycles. The third kappa shape index (κ3) is 3.87. The Balaban J connectivity index is 1.91. The molecule has 2 N–H and O–H groups in total. The van der Waals surface area contributed by atoms with Gasteiger partial charge in [0.15, 0.2) is 0 Å². The van der Waals surface area contributed by atoms with Crippen LogP contribution in [0.5, 0.6) is 0 Å². The van der Waals surface area contributed by atoms with Gasteiger partial charge in [-0.2, -0.15) is 0 Å². The van der Waals surface area contributed by atoms with Crippen molar-refractivity contribution in [3.63, 3.8) is 0 Å². The Hall–Kier alpha value is -1.75. The fraction of sp³-hybridized carbons (Fsp3) is 0.267. The zero-order valence-corrected chi connectivity index (χ0v) is 13.0. The molecular weight excluding hydrogens is 320 g/mol. The first kappa shape index (κ1) is 14.7. The molecule has 0 saturated heterocycles. The average Bonchev–Trinajstić information content (AvgIpc) is 2.83. The molecule has 4 nitrogen and oxygen atoms in total.